The fraction of sp³-hybridized carbons (Fsp3) is 0.760. The number of hydroxylamine groups is 6. The molecule has 0 saturated heterocycles. The Morgan fingerprint density at radius 1 is 0.795 bits per heavy atom. The van der Waals surface area contributed by atoms with Crippen molar-refractivity contribution in [2.45, 2.75) is 83.8 Å². The fourth-order valence-electron chi connectivity index (χ4n) is 3.31. The normalized spacial score (nSPS) is 11.8. The first-order valence-electron chi connectivity index (χ1n) is 13.6. The zero-order valence-corrected chi connectivity index (χ0v) is 23.1. The van der Waals surface area contributed by atoms with Crippen LogP contribution in [0.3, 0.4) is 0 Å². The zero-order valence-electron chi connectivity index (χ0n) is 23.1. The average molecular weight is 561 g/mol. The maximum atomic E-state index is 12.0. The van der Waals surface area contributed by atoms with Gasteiger partial charge in [0, 0.05) is 52.4 Å². The Kier molecular flexibility index (Phi) is 21.7. The van der Waals surface area contributed by atoms with Gasteiger partial charge in [0.25, 0.3) is 0 Å². The quantitative estimate of drug-likeness (QED) is 0.0302. The predicted octanol–water partition coefficient (Wildman–Crippen LogP) is 0.490. The summed E-state index contributed by atoms with van der Waals surface area (Å²) in [7, 11) is 0. The largest absolute Gasteiger partial charge is 0.379 e. The molecule has 0 aromatic heterocycles. The summed E-state index contributed by atoms with van der Waals surface area (Å²) < 4.78 is 0. The number of amides is 4. The van der Waals surface area contributed by atoms with Gasteiger partial charge in [-0.2, -0.15) is 0 Å². The maximum absolute atomic E-state index is 12.0. The summed E-state index contributed by atoms with van der Waals surface area (Å²) in [6.45, 7) is 3.09. The zero-order chi connectivity index (χ0) is 29.5. The molecule has 0 heterocycles. The van der Waals surface area contributed by atoms with Crippen molar-refractivity contribution < 1.29 is 39.9 Å². The molecule has 14 heteroatoms. The van der Waals surface area contributed by atoms with Crippen LogP contribution in [0.15, 0.2) is 12.2 Å². The van der Waals surface area contributed by atoms with Crippen molar-refractivity contribution in [3.8, 4) is 0 Å². The van der Waals surface area contributed by atoms with Gasteiger partial charge in [-0.3, -0.25) is 40.1 Å². The van der Waals surface area contributed by atoms with Crippen LogP contribution < -0.4 is 16.4 Å². The van der Waals surface area contributed by atoms with Crippen molar-refractivity contribution in [3.63, 3.8) is 0 Å². The maximum Gasteiger partial charge on any atom is 0.246 e. The number of unbranched alkanes of at least 4 members (excludes halogenated alkanes) is 4. The van der Waals surface area contributed by atoms with Crippen LogP contribution in [0.25, 0.3) is 0 Å². The van der Waals surface area contributed by atoms with E-state index >= 15 is 0 Å². The van der Waals surface area contributed by atoms with Crippen LogP contribution in [0.1, 0.15) is 77.6 Å². The summed E-state index contributed by atoms with van der Waals surface area (Å²) in [6, 6.07) is 0. The molecule has 1 atom stereocenters. The molecule has 0 aromatic carbocycles. The number of carbonyl (C=O) groups excluding carboxylic acids is 4. The molecule has 0 aliphatic carbocycles. The molecule has 1 unspecified atom stereocenters. The molecule has 0 bridgehead atoms. The minimum absolute atomic E-state index is 0.0157. The molecule has 0 aliphatic heterocycles. The molecule has 0 saturated carbocycles. The summed E-state index contributed by atoms with van der Waals surface area (Å²) in [5, 5.41) is 46.1. The lowest BCUT2D eigenvalue weighted by atomic mass is 10.2. The number of rotatable bonds is 23. The third-order valence-electron chi connectivity index (χ3n) is 5.73. The number of nitrogens with two attached hydrogens (primary N) is 1. The Balaban J connectivity index is 3.80. The van der Waals surface area contributed by atoms with E-state index < -0.39 is 23.9 Å². The van der Waals surface area contributed by atoms with Crippen LogP contribution in [0, 0.1) is 0 Å². The van der Waals surface area contributed by atoms with Crippen LogP contribution in [-0.2, 0) is 19.2 Å². The first-order chi connectivity index (χ1) is 18.6. The number of carbonyl (C=O) groups is 4. The van der Waals surface area contributed by atoms with E-state index in [1.165, 1.54) is 6.92 Å². The molecule has 0 fully saturated rings. The molecule has 0 aromatic rings. The molecule has 39 heavy (non-hydrogen) atoms. The van der Waals surface area contributed by atoms with Gasteiger partial charge in [0.15, 0.2) is 0 Å². The lowest BCUT2D eigenvalue weighted by Crippen LogP contribution is -2.33. The summed E-state index contributed by atoms with van der Waals surface area (Å²) >= 11 is 0. The fourth-order valence-corrected chi connectivity index (χ4v) is 3.31. The Morgan fingerprint density at radius 3 is 2.03 bits per heavy atom. The monoisotopic (exact) mass is 560 g/mol. The van der Waals surface area contributed by atoms with Crippen molar-refractivity contribution in [3.05, 3.63) is 12.2 Å². The van der Waals surface area contributed by atoms with Crippen molar-refractivity contribution >= 4 is 23.6 Å². The highest BCUT2D eigenvalue weighted by Gasteiger charge is 2.14. The highest BCUT2D eigenvalue weighted by atomic mass is 16.5. The van der Waals surface area contributed by atoms with E-state index in [0.717, 1.165) is 12.8 Å². The minimum Gasteiger partial charge on any atom is -0.379 e. The molecule has 226 valence electrons. The molecule has 8 N–H and O–H groups in total. The van der Waals surface area contributed by atoms with Crippen molar-refractivity contribution in [1.29, 1.82) is 0 Å². The lowest BCUT2D eigenvalue weighted by molar-refractivity contribution is -0.166. The van der Waals surface area contributed by atoms with E-state index in [4.69, 9.17) is 5.73 Å². The Morgan fingerprint density at radius 2 is 1.41 bits per heavy atom. The van der Waals surface area contributed by atoms with Crippen molar-refractivity contribution in [1.82, 2.24) is 25.8 Å². The second-order valence-corrected chi connectivity index (χ2v) is 9.16. The molecule has 14 nitrogen and oxygen atoms in total. The second kappa shape index (κ2) is 23.3. The second-order valence-electron chi connectivity index (χ2n) is 9.16. The number of nitrogens with one attached hydrogen (secondary N) is 2. The first kappa shape index (κ1) is 36.4. The molecule has 0 radical (unpaired) electrons. The van der Waals surface area contributed by atoms with E-state index in [-0.39, 0.29) is 51.2 Å². The molecule has 0 rings (SSSR count). The topological polar surface area (TPSA) is 209 Å². The van der Waals surface area contributed by atoms with Gasteiger partial charge >= 0.3 is 0 Å². The molecular formula is C25H48N6O8. The van der Waals surface area contributed by atoms with Crippen LogP contribution in [0.5, 0.6) is 0 Å². The highest BCUT2D eigenvalue weighted by Crippen LogP contribution is 2.03. The third-order valence-corrected chi connectivity index (χ3v) is 5.73. The Bertz CT molecular complexity index is 739. The van der Waals surface area contributed by atoms with Crippen LogP contribution >= 0.6 is 0 Å². The van der Waals surface area contributed by atoms with E-state index in [2.05, 4.69) is 10.6 Å². The van der Waals surface area contributed by atoms with E-state index in [1.54, 1.807) is 12.2 Å². The van der Waals surface area contributed by atoms with E-state index in [0.29, 0.717) is 66.9 Å². The molecule has 0 spiro atoms. The smallest absolute Gasteiger partial charge is 0.246 e. The van der Waals surface area contributed by atoms with Gasteiger partial charge in [-0.25, -0.2) is 15.2 Å². The Labute approximate surface area is 230 Å². The third kappa shape index (κ3) is 20.9. The van der Waals surface area contributed by atoms with Crippen LogP contribution in [0.4, 0.5) is 0 Å². The number of hydrogen-bond acceptors (Lipinski definition) is 10. The van der Waals surface area contributed by atoms with E-state index in [9.17, 15) is 39.9 Å². The van der Waals surface area contributed by atoms with Crippen molar-refractivity contribution in [2.24, 2.45) is 5.73 Å². The molecular weight excluding hydrogens is 512 g/mol. The first-order valence-corrected chi connectivity index (χ1v) is 13.6. The van der Waals surface area contributed by atoms with Gasteiger partial charge < -0.3 is 16.2 Å². The van der Waals surface area contributed by atoms with E-state index in [1.807, 2.05) is 0 Å². The number of aliphatic hydroxyl groups excluding tert-OH is 1. The molecule has 4 amide bonds. The lowest BCUT2D eigenvalue weighted by Gasteiger charge is -2.16. The summed E-state index contributed by atoms with van der Waals surface area (Å²) in [6.07, 6.45) is 7.12. The van der Waals surface area contributed by atoms with Gasteiger partial charge in [-0.15, -0.1) is 0 Å². The highest BCUT2D eigenvalue weighted by molar-refractivity contribution is 5.83. The summed E-state index contributed by atoms with van der Waals surface area (Å²) in [5.74, 6) is -1.73. The summed E-state index contributed by atoms with van der Waals surface area (Å²) in [5.41, 5.74) is 5.39. The Hall–Kier alpha value is -2.62. The standard InChI is InChI=1S/C25H48N6O8/c1-21(32)29(37)18-9-3-6-16-27-22(33)12-14-25(36)31(39)20-10-4-7-17-28-23(34)11-13-24(35)30(38)19-8-2-5-15-26/h3,6,22,27,33,37-39H,2,4-5,7-20,26H2,1H3,(H,28,34)/b6-3+. The predicted molar refractivity (Wildman–Crippen MR) is 142 cm³/mol. The average Bonchev–Trinajstić information content (AvgIpc) is 2.91. The van der Waals surface area contributed by atoms with Gasteiger partial charge in [0.1, 0.15) is 6.23 Å². The SMILES string of the molecule is CC(=O)N(O)CC/C=C/CNC(O)CCC(=O)N(O)CCCCCNC(=O)CCC(=O)N(O)CCCCCN. The molecule has 0 aliphatic rings. The number of hydrogen-bond donors (Lipinski definition) is 7. The summed E-state index contributed by atoms with van der Waals surface area (Å²) in [4.78, 5) is 46.6. The van der Waals surface area contributed by atoms with Gasteiger partial charge in [0.2, 0.25) is 23.6 Å². The van der Waals surface area contributed by atoms with Gasteiger partial charge in [-0.05, 0) is 51.5 Å². The van der Waals surface area contributed by atoms with Crippen LogP contribution in [-0.4, -0.2) is 105 Å². The van der Waals surface area contributed by atoms with Crippen molar-refractivity contribution in [2.75, 3.05) is 39.3 Å². The number of aliphatic hydroxyl groups is 1. The van der Waals surface area contributed by atoms with Gasteiger partial charge in [-0.1, -0.05) is 18.6 Å². The number of nitrogens with zero attached hydrogens (tertiary/aromatic N) is 3. The van der Waals surface area contributed by atoms with Crippen LogP contribution in [0.2, 0.25) is 0 Å². The van der Waals surface area contributed by atoms with Gasteiger partial charge in [0.05, 0.1) is 6.54 Å². The minimum atomic E-state index is -0.931.